The van der Waals surface area contributed by atoms with Crippen LogP contribution in [0.2, 0.25) is 0 Å². The first-order chi connectivity index (χ1) is 7.91. The Labute approximate surface area is 107 Å². The lowest BCUT2D eigenvalue weighted by Crippen LogP contribution is -2.44. The Morgan fingerprint density at radius 2 is 1.82 bits per heavy atom. The van der Waals surface area contributed by atoms with Crippen LogP contribution in [0, 0.1) is 10.8 Å². The highest BCUT2D eigenvalue weighted by Crippen LogP contribution is 2.38. The Bertz CT molecular complexity index is 262. The van der Waals surface area contributed by atoms with Crippen LogP contribution in [0.4, 0.5) is 0 Å². The molecular formula is C15H30N2. The summed E-state index contributed by atoms with van der Waals surface area (Å²) in [6.07, 6.45) is 7.98. The maximum Gasteiger partial charge on any atom is 0.0105 e. The van der Waals surface area contributed by atoms with Gasteiger partial charge in [0.2, 0.25) is 0 Å². The van der Waals surface area contributed by atoms with Gasteiger partial charge >= 0.3 is 0 Å². The van der Waals surface area contributed by atoms with Crippen molar-refractivity contribution < 1.29 is 0 Å². The summed E-state index contributed by atoms with van der Waals surface area (Å²) in [5.74, 6) is 0. The van der Waals surface area contributed by atoms with Crippen LogP contribution in [0.3, 0.4) is 0 Å². The maximum atomic E-state index is 6.30. The van der Waals surface area contributed by atoms with E-state index in [1.165, 1.54) is 58.2 Å². The monoisotopic (exact) mass is 238 g/mol. The van der Waals surface area contributed by atoms with Crippen molar-refractivity contribution in [2.45, 2.75) is 65.3 Å². The van der Waals surface area contributed by atoms with Gasteiger partial charge in [-0.1, -0.05) is 27.2 Å². The molecule has 17 heavy (non-hydrogen) atoms. The molecule has 1 aliphatic heterocycles. The van der Waals surface area contributed by atoms with E-state index < -0.39 is 0 Å². The van der Waals surface area contributed by atoms with Crippen molar-refractivity contribution in [1.29, 1.82) is 0 Å². The van der Waals surface area contributed by atoms with Crippen LogP contribution in [0.1, 0.15) is 59.3 Å². The van der Waals surface area contributed by atoms with E-state index in [-0.39, 0.29) is 0 Å². The molecule has 2 nitrogen and oxygen atoms in total. The summed E-state index contributed by atoms with van der Waals surface area (Å²) >= 11 is 0. The molecule has 0 amide bonds. The molecule has 0 bridgehead atoms. The molecule has 2 unspecified atom stereocenters. The third-order valence-corrected chi connectivity index (χ3v) is 5.18. The van der Waals surface area contributed by atoms with Crippen molar-refractivity contribution in [1.82, 2.24) is 4.90 Å². The number of nitrogens with two attached hydrogens (primary N) is 1. The molecule has 2 fully saturated rings. The minimum absolute atomic E-state index is 0.383. The van der Waals surface area contributed by atoms with E-state index in [0.717, 1.165) is 0 Å². The Morgan fingerprint density at radius 3 is 2.47 bits per heavy atom. The lowest BCUT2D eigenvalue weighted by Gasteiger charge is -2.35. The van der Waals surface area contributed by atoms with Crippen LogP contribution in [-0.4, -0.2) is 30.6 Å². The fraction of sp³-hybridized carbons (Fsp3) is 1.00. The predicted molar refractivity (Wildman–Crippen MR) is 74.0 cm³/mol. The molecule has 1 saturated carbocycles. The van der Waals surface area contributed by atoms with E-state index in [1.54, 1.807) is 0 Å². The van der Waals surface area contributed by atoms with Crippen molar-refractivity contribution in [2.75, 3.05) is 19.6 Å². The minimum atomic E-state index is 0.383. The summed E-state index contributed by atoms with van der Waals surface area (Å²) in [5, 5.41) is 0. The molecule has 1 saturated heterocycles. The van der Waals surface area contributed by atoms with Gasteiger partial charge in [0.25, 0.3) is 0 Å². The second-order valence-corrected chi connectivity index (χ2v) is 7.45. The van der Waals surface area contributed by atoms with Gasteiger partial charge in [0, 0.05) is 12.6 Å². The Balaban J connectivity index is 1.91. The zero-order chi connectivity index (χ0) is 12.5. The molecule has 100 valence electrons. The van der Waals surface area contributed by atoms with Crippen molar-refractivity contribution in [3.05, 3.63) is 0 Å². The second-order valence-electron chi connectivity index (χ2n) is 7.45. The largest absolute Gasteiger partial charge is 0.327 e. The van der Waals surface area contributed by atoms with Crippen molar-refractivity contribution in [3.63, 3.8) is 0 Å². The number of hydrogen-bond acceptors (Lipinski definition) is 2. The highest BCUT2D eigenvalue weighted by atomic mass is 15.1. The number of nitrogens with zero attached hydrogens (tertiary/aromatic N) is 1. The third kappa shape index (κ3) is 3.23. The van der Waals surface area contributed by atoms with Crippen molar-refractivity contribution in [2.24, 2.45) is 16.6 Å². The fourth-order valence-electron chi connectivity index (χ4n) is 3.60. The van der Waals surface area contributed by atoms with Crippen LogP contribution in [-0.2, 0) is 0 Å². The van der Waals surface area contributed by atoms with Gasteiger partial charge in [-0.25, -0.2) is 0 Å². The molecule has 0 aromatic carbocycles. The quantitative estimate of drug-likeness (QED) is 0.801. The summed E-state index contributed by atoms with van der Waals surface area (Å²) in [5.41, 5.74) is 7.23. The lowest BCUT2D eigenvalue weighted by molar-refractivity contribution is 0.152. The summed E-state index contributed by atoms with van der Waals surface area (Å²) in [7, 11) is 0. The molecule has 0 aromatic rings. The minimum Gasteiger partial charge on any atom is -0.327 e. The Kier molecular flexibility index (Phi) is 3.84. The summed E-state index contributed by atoms with van der Waals surface area (Å²) in [6.45, 7) is 11.0. The van der Waals surface area contributed by atoms with Crippen molar-refractivity contribution >= 4 is 0 Å². The van der Waals surface area contributed by atoms with Gasteiger partial charge in [-0.3, -0.25) is 0 Å². The molecule has 0 radical (unpaired) electrons. The molecule has 2 N–H and O–H groups in total. The van der Waals surface area contributed by atoms with Crippen LogP contribution in [0.5, 0.6) is 0 Å². The lowest BCUT2D eigenvalue weighted by atomic mass is 9.84. The van der Waals surface area contributed by atoms with Crippen LogP contribution >= 0.6 is 0 Å². The average molecular weight is 238 g/mol. The van der Waals surface area contributed by atoms with Gasteiger partial charge in [0.1, 0.15) is 0 Å². The molecule has 2 atom stereocenters. The number of rotatable bonds is 2. The van der Waals surface area contributed by atoms with Gasteiger partial charge in [-0.15, -0.1) is 0 Å². The molecule has 1 heterocycles. The first kappa shape index (κ1) is 13.4. The maximum absolute atomic E-state index is 6.30. The van der Waals surface area contributed by atoms with Gasteiger partial charge in [-0.2, -0.15) is 0 Å². The normalized spacial score (nSPS) is 39.2. The summed E-state index contributed by atoms with van der Waals surface area (Å²) in [6, 6.07) is 0.429. The molecule has 2 aliphatic rings. The molecule has 2 rings (SSSR count). The van der Waals surface area contributed by atoms with E-state index in [1.807, 2.05) is 0 Å². The Hall–Kier alpha value is -0.0800. The molecule has 1 aliphatic carbocycles. The van der Waals surface area contributed by atoms with Crippen LogP contribution in [0.15, 0.2) is 0 Å². The second kappa shape index (κ2) is 4.89. The highest BCUT2D eigenvalue weighted by Gasteiger charge is 2.38. The predicted octanol–water partition coefficient (Wildman–Crippen LogP) is 3.02. The highest BCUT2D eigenvalue weighted by molar-refractivity contribution is 4.94. The number of hydrogen-bond donors (Lipinski definition) is 1. The third-order valence-electron chi connectivity index (χ3n) is 5.18. The van der Waals surface area contributed by atoms with Crippen LogP contribution < -0.4 is 5.73 Å². The molecular weight excluding hydrogens is 208 g/mol. The fourth-order valence-corrected chi connectivity index (χ4v) is 3.60. The first-order valence-corrected chi connectivity index (χ1v) is 7.39. The zero-order valence-electron chi connectivity index (χ0n) is 12.0. The smallest absolute Gasteiger partial charge is 0.0105 e. The zero-order valence-corrected chi connectivity index (χ0v) is 12.0. The topological polar surface area (TPSA) is 29.3 Å². The SMILES string of the molecule is CC1(C)CCCN(CC2(C)CCCC2N)CC1. The van der Waals surface area contributed by atoms with E-state index >= 15 is 0 Å². The van der Waals surface area contributed by atoms with E-state index in [0.29, 0.717) is 16.9 Å². The molecule has 2 heteroatoms. The van der Waals surface area contributed by atoms with Crippen LogP contribution in [0.25, 0.3) is 0 Å². The van der Waals surface area contributed by atoms with Gasteiger partial charge < -0.3 is 10.6 Å². The Morgan fingerprint density at radius 1 is 1.06 bits per heavy atom. The average Bonchev–Trinajstić information content (AvgIpc) is 2.44. The first-order valence-electron chi connectivity index (χ1n) is 7.39. The van der Waals surface area contributed by atoms with E-state index in [4.69, 9.17) is 5.73 Å². The summed E-state index contributed by atoms with van der Waals surface area (Å²) in [4.78, 5) is 2.68. The van der Waals surface area contributed by atoms with Gasteiger partial charge in [-0.05, 0) is 56.0 Å². The number of likely N-dealkylation sites (tertiary alicyclic amines) is 1. The molecule has 0 spiro atoms. The van der Waals surface area contributed by atoms with Gasteiger partial charge in [0.15, 0.2) is 0 Å². The standard InChI is InChI=1S/C15H30N2/c1-14(2)7-5-10-17(11-9-14)12-15(3)8-4-6-13(15)16/h13H,4-12,16H2,1-3H3. The van der Waals surface area contributed by atoms with E-state index in [2.05, 4.69) is 25.7 Å². The molecule has 0 aromatic heterocycles. The van der Waals surface area contributed by atoms with E-state index in [9.17, 15) is 0 Å². The van der Waals surface area contributed by atoms with Crippen molar-refractivity contribution in [3.8, 4) is 0 Å². The van der Waals surface area contributed by atoms with Gasteiger partial charge in [0.05, 0.1) is 0 Å². The summed E-state index contributed by atoms with van der Waals surface area (Å²) < 4.78 is 0.